The second-order valence-corrected chi connectivity index (χ2v) is 7.26. The summed E-state index contributed by atoms with van der Waals surface area (Å²) in [4.78, 5) is 18.6. The molecule has 3 rings (SSSR count). The van der Waals surface area contributed by atoms with Gasteiger partial charge in [-0.2, -0.15) is 0 Å². The third kappa shape index (κ3) is 5.37. The number of aromatic nitrogens is 1. The van der Waals surface area contributed by atoms with Crippen LogP contribution in [0, 0.1) is 5.82 Å². The van der Waals surface area contributed by atoms with Crippen LogP contribution in [0.5, 0.6) is 5.75 Å². The van der Waals surface area contributed by atoms with Crippen LogP contribution < -0.4 is 10.1 Å². The molecule has 3 aromatic rings. The molecule has 2 aromatic carbocycles. The number of halogens is 1. The first-order chi connectivity index (χ1) is 13.5. The van der Waals surface area contributed by atoms with Crippen LogP contribution >= 0.6 is 11.3 Å². The molecule has 1 N–H and O–H groups in total. The number of amides is 1. The number of benzene rings is 2. The summed E-state index contributed by atoms with van der Waals surface area (Å²) in [6.45, 7) is 0.768. The van der Waals surface area contributed by atoms with Crippen molar-refractivity contribution in [3.63, 3.8) is 0 Å². The number of hydrogen-bond donors (Lipinski definition) is 1. The molecule has 0 aliphatic carbocycles. The summed E-state index contributed by atoms with van der Waals surface area (Å²) in [5, 5.41) is 4.85. The van der Waals surface area contributed by atoms with Gasteiger partial charge in [0.15, 0.2) is 0 Å². The van der Waals surface area contributed by atoms with Crippen LogP contribution in [0.25, 0.3) is 0 Å². The molecular formula is C21H22FN3O2S. The van der Waals surface area contributed by atoms with Crippen molar-refractivity contribution in [2.45, 2.75) is 12.6 Å². The molecule has 5 nitrogen and oxygen atoms in total. The van der Waals surface area contributed by atoms with E-state index in [2.05, 4.69) is 10.3 Å². The Morgan fingerprint density at radius 1 is 1.25 bits per heavy atom. The molecule has 0 saturated carbocycles. The molecule has 1 heterocycles. The highest BCUT2D eigenvalue weighted by molar-refractivity contribution is 7.07. The maximum atomic E-state index is 13.5. The SMILES string of the molecule is CN(C)C(CNC(=O)c1ccc(OCc2cscn2)cc1)c1cccc(F)c1. The van der Waals surface area contributed by atoms with Gasteiger partial charge in [0.1, 0.15) is 18.2 Å². The number of carbonyl (C=O) groups is 1. The van der Waals surface area contributed by atoms with Gasteiger partial charge in [-0.05, 0) is 56.1 Å². The van der Waals surface area contributed by atoms with E-state index in [1.807, 2.05) is 30.4 Å². The van der Waals surface area contributed by atoms with E-state index in [0.29, 0.717) is 24.5 Å². The van der Waals surface area contributed by atoms with Gasteiger partial charge in [-0.3, -0.25) is 4.79 Å². The maximum Gasteiger partial charge on any atom is 0.251 e. The molecular weight excluding hydrogens is 377 g/mol. The lowest BCUT2D eigenvalue weighted by molar-refractivity contribution is 0.0942. The van der Waals surface area contributed by atoms with Gasteiger partial charge in [-0.25, -0.2) is 9.37 Å². The molecule has 0 bridgehead atoms. The van der Waals surface area contributed by atoms with E-state index in [1.54, 1.807) is 35.8 Å². The minimum atomic E-state index is -0.288. The molecule has 0 aliphatic rings. The summed E-state index contributed by atoms with van der Waals surface area (Å²) in [5.41, 5.74) is 3.99. The standard InChI is InChI=1S/C21H22FN3O2S/c1-25(2)20(16-4-3-5-17(22)10-16)11-23-21(26)15-6-8-19(9-7-15)27-12-18-13-28-14-24-18/h3-10,13-14,20H,11-12H2,1-2H3,(H,23,26). The zero-order valence-electron chi connectivity index (χ0n) is 15.8. The summed E-state index contributed by atoms with van der Waals surface area (Å²) in [6.07, 6.45) is 0. The summed E-state index contributed by atoms with van der Waals surface area (Å²) in [5.74, 6) is 0.202. The highest BCUT2D eigenvalue weighted by Crippen LogP contribution is 2.19. The minimum absolute atomic E-state index is 0.125. The van der Waals surface area contributed by atoms with E-state index < -0.39 is 0 Å². The minimum Gasteiger partial charge on any atom is -0.487 e. The lowest BCUT2D eigenvalue weighted by Crippen LogP contribution is -2.34. The number of carbonyl (C=O) groups excluding carboxylic acids is 1. The molecule has 1 amide bonds. The van der Waals surface area contributed by atoms with E-state index in [9.17, 15) is 9.18 Å². The lowest BCUT2D eigenvalue weighted by Gasteiger charge is -2.25. The number of likely N-dealkylation sites (N-methyl/N-ethyl adjacent to an activating group) is 1. The Morgan fingerprint density at radius 3 is 2.68 bits per heavy atom. The first-order valence-electron chi connectivity index (χ1n) is 8.83. The van der Waals surface area contributed by atoms with Crippen molar-refractivity contribution in [1.29, 1.82) is 0 Å². The molecule has 1 unspecified atom stereocenters. The smallest absolute Gasteiger partial charge is 0.251 e. The number of nitrogens with one attached hydrogen (secondary N) is 1. The van der Waals surface area contributed by atoms with Crippen LogP contribution in [0.4, 0.5) is 4.39 Å². The van der Waals surface area contributed by atoms with Gasteiger partial charge in [0, 0.05) is 17.5 Å². The summed E-state index contributed by atoms with van der Waals surface area (Å²) >= 11 is 1.52. The van der Waals surface area contributed by atoms with E-state index in [1.165, 1.54) is 23.5 Å². The molecule has 1 atom stereocenters. The molecule has 0 radical (unpaired) electrons. The highest BCUT2D eigenvalue weighted by Gasteiger charge is 2.16. The van der Waals surface area contributed by atoms with Gasteiger partial charge in [0.2, 0.25) is 0 Å². The van der Waals surface area contributed by atoms with Gasteiger partial charge < -0.3 is 15.0 Å². The summed E-state index contributed by atoms with van der Waals surface area (Å²) in [7, 11) is 3.80. The molecule has 0 aliphatic heterocycles. The molecule has 0 saturated heterocycles. The number of hydrogen-bond acceptors (Lipinski definition) is 5. The molecule has 7 heteroatoms. The van der Waals surface area contributed by atoms with Crippen molar-refractivity contribution >= 4 is 17.2 Å². The van der Waals surface area contributed by atoms with Gasteiger partial charge in [0.05, 0.1) is 17.2 Å². The van der Waals surface area contributed by atoms with Gasteiger partial charge in [0.25, 0.3) is 5.91 Å². The second kappa shape index (κ2) is 9.43. The van der Waals surface area contributed by atoms with Gasteiger partial charge in [-0.1, -0.05) is 12.1 Å². The summed E-state index contributed by atoms with van der Waals surface area (Å²) < 4.78 is 19.2. The Balaban J connectivity index is 1.57. The van der Waals surface area contributed by atoms with Gasteiger partial charge in [-0.15, -0.1) is 11.3 Å². The number of nitrogens with zero attached hydrogens (tertiary/aromatic N) is 2. The lowest BCUT2D eigenvalue weighted by atomic mass is 10.1. The third-order valence-corrected chi connectivity index (χ3v) is 4.93. The van der Waals surface area contributed by atoms with Crippen molar-refractivity contribution in [2.24, 2.45) is 0 Å². The van der Waals surface area contributed by atoms with Crippen molar-refractivity contribution in [3.05, 3.63) is 82.1 Å². The fourth-order valence-electron chi connectivity index (χ4n) is 2.77. The van der Waals surface area contributed by atoms with Crippen LogP contribution in [0.2, 0.25) is 0 Å². The first-order valence-corrected chi connectivity index (χ1v) is 9.77. The average molecular weight is 399 g/mol. The first kappa shape index (κ1) is 20.0. The largest absolute Gasteiger partial charge is 0.487 e. The third-order valence-electron chi connectivity index (χ3n) is 4.30. The van der Waals surface area contributed by atoms with Crippen LogP contribution in [-0.4, -0.2) is 36.4 Å². The van der Waals surface area contributed by atoms with E-state index in [4.69, 9.17) is 4.74 Å². The number of rotatable bonds is 8. The average Bonchev–Trinajstić information content (AvgIpc) is 3.20. The Morgan fingerprint density at radius 2 is 2.04 bits per heavy atom. The van der Waals surface area contributed by atoms with Crippen molar-refractivity contribution < 1.29 is 13.9 Å². The van der Waals surface area contributed by atoms with E-state index in [0.717, 1.165) is 11.3 Å². The van der Waals surface area contributed by atoms with Crippen molar-refractivity contribution in [2.75, 3.05) is 20.6 Å². The topological polar surface area (TPSA) is 54.5 Å². The Kier molecular flexibility index (Phi) is 6.73. The summed E-state index contributed by atoms with van der Waals surface area (Å²) in [6, 6.07) is 13.3. The number of thiazole rings is 1. The molecule has 0 spiro atoms. The van der Waals surface area contributed by atoms with Crippen LogP contribution in [0.15, 0.2) is 59.4 Å². The molecule has 146 valence electrons. The predicted octanol–water partition coefficient (Wildman–Crippen LogP) is 3.89. The monoisotopic (exact) mass is 399 g/mol. The maximum absolute atomic E-state index is 13.5. The van der Waals surface area contributed by atoms with Gasteiger partial charge >= 0.3 is 0 Å². The zero-order chi connectivity index (χ0) is 19.9. The predicted molar refractivity (Wildman–Crippen MR) is 108 cm³/mol. The molecule has 0 fully saturated rings. The Labute approximate surface area is 167 Å². The highest BCUT2D eigenvalue weighted by atomic mass is 32.1. The Bertz CT molecular complexity index is 898. The molecule has 1 aromatic heterocycles. The van der Waals surface area contributed by atoms with E-state index >= 15 is 0 Å². The second-order valence-electron chi connectivity index (χ2n) is 6.54. The van der Waals surface area contributed by atoms with Crippen LogP contribution in [0.3, 0.4) is 0 Å². The number of ether oxygens (including phenoxy) is 1. The molecule has 28 heavy (non-hydrogen) atoms. The van der Waals surface area contributed by atoms with E-state index in [-0.39, 0.29) is 17.8 Å². The normalized spacial score (nSPS) is 12.0. The fourth-order valence-corrected chi connectivity index (χ4v) is 3.32. The van der Waals surface area contributed by atoms with Crippen molar-refractivity contribution in [3.8, 4) is 5.75 Å². The van der Waals surface area contributed by atoms with Crippen LogP contribution in [-0.2, 0) is 6.61 Å². The quantitative estimate of drug-likeness (QED) is 0.624. The fraction of sp³-hybridized carbons (Fsp3) is 0.238. The van der Waals surface area contributed by atoms with Crippen molar-refractivity contribution in [1.82, 2.24) is 15.2 Å². The zero-order valence-corrected chi connectivity index (χ0v) is 16.6. The van der Waals surface area contributed by atoms with Crippen LogP contribution in [0.1, 0.15) is 27.7 Å². The Hall–Kier alpha value is -2.77.